The van der Waals surface area contributed by atoms with E-state index in [9.17, 15) is 19.2 Å². The van der Waals surface area contributed by atoms with Gasteiger partial charge in [0.15, 0.2) is 6.61 Å². The van der Waals surface area contributed by atoms with Crippen LogP contribution in [0.5, 0.6) is 0 Å². The van der Waals surface area contributed by atoms with Gasteiger partial charge < -0.3 is 15.4 Å². The van der Waals surface area contributed by atoms with Crippen LogP contribution < -0.4 is 10.6 Å². The number of aryl methyl sites for hydroxylation is 1. The Morgan fingerprint density at radius 1 is 1.32 bits per heavy atom. The van der Waals surface area contributed by atoms with Crippen molar-refractivity contribution >= 4 is 41.1 Å². The predicted molar refractivity (Wildman–Crippen MR) is 104 cm³/mol. The molecular weight excluding hydrogens is 386 g/mol. The van der Waals surface area contributed by atoms with Crippen LogP contribution in [-0.4, -0.2) is 47.4 Å². The normalized spacial score (nSPS) is 18.8. The second kappa shape index (κ2) is 9.05. The number of hydrogen-bond acceptors (Lipinski definition) is 5. The van der Waals surface area contributed by atoms with Gasteiger partial charge in [-0.2, -0.15) is 0 Å². The van der Waals surface area contributed by atoms with Crippen molar-refractivity contribution in [3.8, 4) is 0 Å². The second-order valence-electron chi connectivity index (χ2n) is 6.93. The second-order valence-corrected chi connectivity index (χ2v) is 7.36. The fraction of sp³-hybridized carbons (Fsp3) is 0.474. The van der Waals surface area contributed by atoms with Crippen molar-refractivity contribution in [3.63, 3.8) is 0 Å². The smallest absolute Gasteiger partial charge is 0.326 e. The maximum absolute atomic E-state index is 12.5. The van der Waals surface area contributed by atoms with Crippen molar-refractivity contribution in [1.82, 2.24) is 10.2 Å². The molecule has 28 heavy (non-hydrogen) atoms. The summed E-state index contributed by atoms with van der Waals surface area (Å²) in [5, 5.41) is 5.67. The number of imide groups is 1. The summed E-state index contributed by atoms with van der Waals surface area (Å²) in [7, 11) is 0. The molecule has 1 aliphatic rings. The summed E-state index contributed by atoms with van der Waals surface area (Å²) in [6.07, 6.45) is 2.13. The van der Waals surface area contributed by atoms with E-state index in [1.54, 1.807) is 32.0 Å². The van der Waals surface area contributed by atoms with Gasteiger partial charge in [-0.25, -0.2) is 4.79 Å². The Morgan fingerprint density at radius 3 is 2.71 bits per heavy atom. The molecule has 1 aliphatic heterocycles. The Labute approximate surface area is 168 Å². The van der Waals surface area contributed by atoms with Crippen molar-refractivity contribution in [2.75, 3.05) is 18.5 Å². The number of benzene rings is 1. The fourth-order valence-electron chi connectivity index (χ4n) is 2.83. The van der Waals surface area contributed by atoms with E-state index in [4.69, 9.17) is 16.3 Å². The van der Waals surface area contributed by atoms with Gasteiger partial charge in [0.25, 0.3) is 11.8 Å². The Hall–Kier alpha value is -2.61. The van der Waals surface area contributed by atoms with Crippen LogP contribution in [0.2, 0.25) is 5.02 Å². The minimum Gasteiger partial charge on any atom is -0.454 e. The van der Waals surface area contributed by atoms with E-state index < -0.39 is 42.5 Å². The van der Waals surface area contributed by atoms with E-state index in [-0.39, 0.29) is 0 Å². The first-order valence-corrected chi connectivity index (χ1v) is 9.40. The molecule has 8 nitrogen and oxygen atoms in total. The number of nitrogens with one attached hydrogen (secondary N) is 2. The number of carbonyl (C=O) groups excluding carboxylic acids is 4. The lowest BCUT2D eigenvalue weighted by atomic mass is 9.95. The summed E-state index contributed by atoms with van der Waals surface area (Å²) in [4.78, 5) is 49.3. The summed E-state index contributed by atoms with van der Waals surface area (Å²) < 4.78 is 4.90. The van der Waals surface area contributed by atoms with Crippen LogP contribution in [0.4, 0.5) is 10.5 Å². The van der Waals surface area contributed by atoms with Crippen molar-refractivity contribution in [2.45, 2.75) is 45.6 Å². The van der Waals surface area contributed by atoms with Crippen LogP contribution in [0.25, 0.3) is 0 Å². The molecule has 0 aliphatic carbocycles. The highest BCUT2D eigenvalue weighted by Gasteiger charge is 2.47. The summed E-state index contributed by atoms with van der Waals surface area (Å²) in [5.74, 6) is -1.87. The van der Waals surface area contributed by atoms with Gasteiger partial charge in [-0.1, -0.05) is 37.4 Å². The molecule has 1 saturated heterocycles. The number of ether oxygens (including phenoxy) is 1. The van der Waals surface area contributed by atoms with Crippen molar-refractivity contribution in [3.05, 3.63) is 28.8 Å². The molecule has 1 aromatic rings. The third kappa shape index (κ3) is 5.22. The van der Waals surface area contributed by atoms with E-state index in [2.05, 4.69) is 10.6 Å². The Bertz CT molecular complexity index is 798. The van der Waals surface area contributed by atoms with E-state index in [0.29, 0.717) is 17.1 Å². The van der Waals surface area contributed by atoms with Gasteiger partial charge in [0.2, 0.25) is 0 Å². The molecule has 1 fully saturated rings. The molecule has 2 N–H and O–H groups in total. The highest BCUT2D eigenvalue weighted by Crippen LogP contribution is 2.23. The predicted octanol–water partition coefficient (Wildman–Crippen LogP) is 2.63. The number of hydrogen-bond donors (Lipinski definition) is 2. The molecule has 0 bridgehead atoms. The summed E-state index contributed by atoms with van der Waals surface area (Å²) in [6, 6.07) is 4.39. The molecule has 152 valence electrons. The number of carbonyl (C=O) groups is 4. The molecular formula is C19H24ClN3O5. The first-order chi connectivity index (χ1) is 13.2. The minimum atomic E-state index is -1.02. The van der Waals surface area contributed by atoms with Gasteiger partial charge in [0.1, 0.15) is 12.1 Å². The SMILES string of the molecule is CCCC[C@@]1(C)NC(=O)N(CC(=O)OCC(=O)Nc2cc(Cl)ccc2C)C1=O. The lowest BCUT2D eigenvalue weighted by Crippen LogP contribution is -2.44. The zero-order valence-electron chi connectivity index (χ0n) is 16.1. The first kappa shape index (κ1) is 21.7. The minimum absolute atomic E-state index is 0.461. The fourth-order valence-corrected chi connectivity index (χ4v) is 3.00. The number of halogens is 1. The molecule has 0 spiro atoms. The standard InChI is InChI=1S/C19H24ClN3O5/c1-4-5-8-19(3)17(26)23(18(27)22-19)10-16(25)28-11-15(24)21-14-9-13(20)7-6-12(14)2/h6-7,9H,4-5,8,10-11H2,1-3H3,(H,21,24)(H,22,27)/t19-/m1/s1. The van der Waals surface area contributed by atoms with Crippen LogP contribution in [0.15, 0.2) is 18.2 Å². The molecule has 2 rings (SSSR count). The molecule has 1 atom stereocenters. The van der Waals surface area contributed by atoms with Crippen molar-refractivity contribution in [1.29, 1.82) is 0 Å². The number of esters is 1. The van der Waals surface area contributed by atoms with E-state index in [0.717, 1.165) is 23.3 Å². The first-order valence-electron chi connectivity index (χ1n) is 9.02. The highest BCUT2D eigenvalue weighted by molar-refractivity contribution is 6.31. The largest absolute Gasteiger partial charge is 0.454 e. The quantitative estimate of drug-likeness (QED) is 0.507. The summed E-state index contributed by atoms with van der Waals surface area (Å²) >= 11 is 5.89. The van der Waals surface area contributed by atoms with Gasteiger partial charge >= 0.3 is 12.0 Å². The Morgan fingerprint density at radius 2 is 2.04 bits per heavy atom. The van der Waals surface area contributed by atoms with Crippen LogP contribution in [0, 0.1) is 6.92 Å². The van der Waals surface area contributed by atoms with Crippen molar-refractivity contribution < 1.29 is 23.9 Å². The number of amides is 4. The van der Waals surface area contributed by atoms with E-state index in [1.165, 1.54) is 0 Å². The highest BCUT2D eigenvalue weighted by atomic mass is 35.5. The average Bonchev–Trinajstić information content (AvgIpc) is 2.85. The van der Waals surface area contributed by atoms with Gasteiger partial charge in [-0.15, -0.1) is 0 Å². The molecule has 0 aromatic heterocycles. The molecule has 0 unspecified atom stereocenters. The molecule has 4 amide bonds. The third-order valence-electron chi connectivity index (χ3n) is 4.50. The van der Waals surface area contributed by atoms with Gasteiger partial charge in [0, 0.05) is 10.7 Å². The summed E-state index contributed by atoms with van der Waals surface area (Å²) in [6.45, 7) is 4.33. The van der Waals surface area contributed by atoms with E-state index >= 15 is 0 Å². The Balaban J connectivity index is 1.86. The van der Waals surface area contributed by atoms with Crippen LogP contribution >= 0.6 is 11.6 Å². The maximum atomic E-state index is 12.5. The number of anilines is 1. The van der Waals surface area contributed by atoms with Crippen molar-refractivity contribution in [2.24, 2.45) is 0 Å². The number of unbranched alkanes of at least 4 members (excludes halogenated alkanes) is 1. The maximum Gasteiger partial charge on any atom is 0.326 e. The molecule has 0 radical (unpaired) electrons. The zero-order chi connectivity index (χ0) is 20.9. The molecule has 0 saturated carbocycles. The van der Waals surface area contributed by atoms with Crippen LogP contribution in [-0.2, 0) is 19.1 Å². The molecule has 9 heteroatoms. The van der Waals surface area contributed by atoms with Gasteiger partial charge in [-0.3, -0.25) is 19.3 Å². The summed E-state index contributed by atoms with van der Waals surface area (Å²) in [5.41, 5.74) is 0.290. The van der Waals surface area contributed by atoms with Crippen LogP contribution in [0.1, 0.15) is 38.7 Å². The topological polar surface area (TPSA) is 105 Å². The van der Waals surface area contributed by atoms with Gasteiger partial charge in [0.05, 0.1) is 0 Å². The Kier molecular flexibility index (Phi) is 7.01. The number of nitrogens with zero attached hydrogens (tertiary/aromatic N) is 1. The molecule has 1 heterocycles. The average molecular weight is 410 g/mol. The lowest BCUT2D eigenvalue weighted by Gasteiger charge is -2.21. The van der Waals surface area contributed by atoms with E-state index in [1.807, 2.05) is 6.92 Å². The number of rotatable bonds is 8. The van der Waals surface area contributed by atoms with Gasteiger partial charge in [-0.05, 0) is 38.0 Å². The third-order valence-corrected chi connectivity index (χ3v) is 4.74. The van der Waals surface area contributed by atoms with Crippen LogP contribution in [0.3, 0.4) is 0 Å². The lowest BCUT2D eigenvalue weighted by molar-refractivity contribution is -0.150. The zero-order valence-corrected chi connectivity index (χ0v) is 16.9. The number of urea groups is 1. The monoisotopic (exact) mass is 409 g/mol. The molecule has 1 aromatic carbocycles.